The van der Waals surface area contributed by atoms with Gasteiger partial charge in [0.05, 0.1) is 6.04 Å². The maximum atomic E-state index is 13.3. The van der Waals surface area contributed by atoms with Crippen molar-refractivity contribution in [1.29, 1.82) is 0 Å². The van der Waals surface area contributed by atoms with Crippen LogP contribution in [0.4, 0.5) is 0 Å². The summed E-state index contributed by atoms with van der Waals surface area (Å²) in [5.41, 5.74) is 13.4. The lowest BCUT2D eigenvalue weighted by Crippen LogP contribution is -2.57. The summed E-state index contributed by atoms with van der Waals surface area (Å²) in [6.07, 6.45) is 4.08. The summed E-state index contributed by atoms with van der Waals surface area (Å²) in [7, 11) is 0. The fourth-order valence-electron chi connectivity index (χ4n) is 4.10. The molecular weight excluding hydrogens is 530 g/mol. The van der Waals surface area contributed by atoms with Gasteiger partial charge in [0, 0.05) is 6.42 Å². The standard InChI is InChI=1S/C29H41N5O5S/c1-40-17-15-24(32-26(35)22(31)18-20-10-4-2-5-11-20)28(37)33-23(14-8-9-16-30)27(36)34-25(29(38)39)19-21-12-6-3-7-13-21/h2-7,10-13,22-25H,8-9,14-19,30-31H2,1H3,(H,32,35)(H,33,37)(H,34,36)(H,38,39). The van der Waals surface area contributed by atoms with Gasteiger partial charge in [0.25, 0.3) is 0 Å². The second kappa shape index (κ2) is 18.0. The number of carboxylic acid groups (broad SMARTS) is 1. The summed E-state index contributed by atoms with van der Waals surface area (Å²) in [6.45, 7) is 0.416. The van der Waals surface area contributed by atoms with Gasteiger partial charge in [-0.25, -0.2) is 4.79 Å². The number of carbonyl (C=O) groups excluding carboxylic acids is 3. The third-order valence-corrected chi connectivity index (χ3v) is 7.00. The Morgan fingerprint density at radius 2 is 1.25 bits per heavy atom. The van der Waals surface area contributed by atoms with Crippen molar-refractivity contribution < 1.29 is 24.3 Å². The van der Waals surface area contributed by atoms with E-state index in [0.29, 0.717) is 38.0 Å². The molecule has 3 amide bonds. The minimum absolute atomic E-state index is 0.0943. The molecule has 0 aliphatic heterocycles. The maximum absolute atomic E-state index is 13.3. The number of carboxylic acids is 1. The van der Waals surface area contributed by atoms with Gasteiger partial charge in [0.2, 0.25) is 17.7 Å². The van der Waals surface area contributed by atoms with E-state index in [1.165, 1.54) is 11.8 Å². The summed E-state index contributed by atoms with van der Waals surface area (Å²) in [5, 5.41) is 17.8. The van der Waals surface area contributed by atoms with E-state index in [0.717, 1.165) is 11.1 Å². The number of thioether (sulfide) groups is 1. The predicted octanol–water partition coefficient (Wildman–Crippen LogP) is 1.22. The van der Waals surface area contributed by atoms with Crippen LogP contribution < -0.4 is 27.4 Å². The Morgan fingerprint density at radius 1 is 0.750 bits per heavy atom. The van der Waals surface area contributed by atoms with Crippen molar-refractivity contribution in [1.82, 2.24) is 16.0 Å². The van der Waals surface area contributed by atoms with Gasteiger partial charge >= 0.3 is 5.97 Å². The highest BCUT2D eigenvalue weighted by Crippen LogP contribution is 2.09. The molecule has 4 unspecified atom stereocenters. The van der Waals surface area contributed by atoms with Gasteiger partial charge in [-0.05, 0) is 61.8 Å². The van der Waals surface area contributed by atoms with Crippen molar-refractivity contribution in [3.05, 3.63) is 71.8 Å². The highest BCUT2D eigenvalue weighted by Gasteiger charge is 2.30. The van der Waals surface area contributed by atoms with Crippen LogP contribution in [0, 0.1) is 0 Å². The molecule has 4 atom stereocenters. The van der Waals surface area contributed by atoms with E-state index >= 15 is 0 Å². The van der Waals surface area contributed by atoms with Crippen LogP contribution in [0.2, 0.25) is 0 Å². The van der Waals surface area contributed by atoms with Gasteiger partial charge in [-0.3, -0.25) is 14.4 Å². The van der Waals surface area contributed by atoms with Crippen molar-refractivity contribution in [3.63, 3.8) is 0 Å². The molecule has 0 aliphatic rings. The van der Waals surface area contributed by atoms with Gasteiger partial charge in [0.1, 0.15) is 18.1 Å². The number of hydrogen-bond acceptors (Lipinski definition) is 7. The summed E-state index contributed by atoms with van der Waals surface area (Å²) < 4.78 is 0. The van der Waals surface area contributed by atoms with Crippen LogP contribution in [0.25, 0.3) is 0 Å². The van der Waals surface area contributed by atoms with Crippen LogP contribution in [0.1, 0.15) is 36.8 Å². The van der Waals surface area contributed by atoms with Gasteiger partial charge in [0.15, 0.2) is 0 Å². The first-order valence-corrected chi connectivity index (χ1v) is 14.8. The molecule has 8 N–H and O–H groups in total. The molecule has 0 bridgehead atoms. The Hall–Kier alpha value is -3.41. The summed E-state index contributed by atoms with van der Waals surface area (Å²) in [4.78, 5) is 51.3. The molecule has 0 saturated heterocycles. The molecular formula is C29H41N5O5S. The fraction of sp³-hybridized carbons (Fsp3) is 0.448. The molecule has 0 saturated carbocycles. The SMILES string of the molecule is CSCCC(NC(=O)C(N)Cc1ccccc1)C(=O)NC(CCCCN)C(=O)NC(Cc1ccccc1)C(=O)O. The Morgan fingerprint density at radius 3 is 1.77 bits per heavy atom. The maximum Gasteiger partial charge on any atom is 0.326 e. The molecule has 40 heavy (non-hydrogen) atoms. The van der Waals surface area contributed by atoms with Crippen LogP contribution in [-0.4, -0.2) is 71.5 Å². The molecule has 0 fully saturated rings. The minimum atomic E-state index is -1.18. The van der Waals surface area contributed by atoms with Crippen LogP contribution in [0.3, 0.4) is 0 Å². The Kier molecular flexibility index (Phi) is 14.8. The Bertz CT molecular complexity index is 1070. The second-order valence-electron chi connectivity index (χ2n) is 9.57. The van der Waals surface area contributed by atoms with E-state index in [1.54, 1.807) is 24.3 Å². The smallest absolute Gasteiger partial charge is 0.326 e. The third kappa shape index (κ3) is 11.8. The number of nitrogens with two attached hydrogens (primary N) is 2. The molecule has 10 nitrogen and oxygen atoms in total. The van der Waals surface area contributed by atoms with Crippen LogP contribution in [-0.2, 0) is 32.0 Å². The quantitative estimate of drug-likeness (QED) is 0.145. The van der Waals surface area contributed by atoms with Crippen molar-refractivity contribution in [3.8, 4) is 0 Å². The van der Waals surface area contributed by atoms with Crippen molar-refractivity contribution in [2.45, 2.75) is 62.7 Å². The lowest BCUT2D eigenvalue weighted by molar-refractivity contribution is -0.142. The molecule has 2 rings (SSSR count). The number of carbonyl (C=O) groups is 4. The van der Waals surface area contributed by atoms with Crippen LogP contribution in [0.5, 0.6) is 0 Å². The van der Waals surface area contributed by atoms with E-state index in [4.69, 9.17) is 11.5 Å². The number of hydrogen-bond donors (Lipinski definition) is 6. The molecule has 0 aliphatic carbocycles. The van der Waals surface area contributed by atoms with Gasteiger partial charge in [-0.15, -0.1) is 0 Å². The second-order valence-corrected chi connectivity index (χ2v) is 10.6. The van der Waals surface area contributed by atoms with E-state index in [-0.39, 0.29) is 12.8 Å². The van der Waals surface area contributed by atoms with E-state index in [9.17, 15) is 24.3 Å². The van der Waals surface area contributed by atoms with Crippen molar-refractivity contribution in [2.24, 2.45) is 11.5 Å². The van der Waals surface area contributed by atoms with Gasteiger partial charge in [-0.2, -0.15) is 11.8 Å². The van der Waals surface area contributed by atoms with Crippen LogP contribution >= 0.6 is 11.8 Å². The number of amides is 3. The number of benzene rings is 2. The molecule has 0 heterocycles. The Labute approximate surface area is 240 Å². The first kappa shape index (κ1) is 32.8. The zero-order valence-corrected chi connectivity index (χ0v) is 23.7. The molecule has 2 aromatic rings. The fourth-order valence-corrected chi connectivity index (χ4v) is 4.57. The first-order valence-electron chi connectivity index (χ1n) is 13.4. The summed E-state index contributed by atoms with van der Waals surface area (Å²) in [5.74, 6) is -2.19. The first-order chi connectivity index (χ1) is 19.2. The van der Waals surface area contributed by atoms with Crippen molar-refractivity contribution >= 4 is 35.5 Å². The summed E-state index contributed by atoms with van der Waals surface area (Å²) in [6, 6.07) is 14.4. The third-order valence-electron chi connectivity index (χ3n) is 6.36. The van der Waals surface area contributed by atoms with E-state index < -0.39 is 47.9 Å². The Balaban J connectivity index is 2.11. The molecule has 2 aromatic carbocycles. The van der Waals surface area contributed by atoms with E-state index in [2.05, 4.69) is 16.0 Å². The van der Waals surface area contributed by atoms with Gasteiger partial charge < -0.3 is 32.5 Å². The largest absolute Gasteiger partial charge is 0.480 e. The van der Waals surface area contributed by atoms with Crippen LogP contribution in [0.15, 0.2) is 60.7 Å². The molecule has 0 aromatic heterocycles. The zero-order valence-electron chi connectivity index (χ0n) is 22.9. The molecule has 0 radical (unpaired) electrons. The zero-order chi connectivity index (χ0) is 29.3. The monoisotopic (exact) mass is 571 g/mol. The van der Waals surface area contributed by atoms with E-state index in [1.807, 2.05) is 42.7 Å². The topological polar surface area (TPSA) is 177 Å². The molecule has 0 spiro atoms. The predicted molar refractivity (Wildman–Crippen MR) is 158 cm³/mol. The molecule has 218 valence electrons. The number of unbranched alkanes of at least 4 members (excludes halogenated alkanes) is 1. The average Bonchev–Trinajstić information content (AvgIpc) is 2.95. The number of rotatable bonds is 18. The minimum Gasteiger partial charge on any atom is -0.480 e. The number of aliphatic carboxylic acids is 1. The number of nitrogens with one attached hydrogen (secondary N) is 3. The molecule has 11 heteroatoms. The summed E-state index contributed by atoms with van der Waals surface area (Å²) >= 11 is 1.52. The lowest BCUT2D eigenvalue weighted by atomic mass is 10.0. The highest BCUT2D eigenvalue weighted by molar-refractivity contribution is 7.98. The average molecular weight is 572 g/mol. The van der Waals surface area contributed by atoms with Crippen molar-refractivity contribution in [2.75, 3.05) is 18.6 Å². The van der Waals surface area contributed by atoms with Gasteiger partial charge in [-0.1, -0.05) is 60.7 Å². The highest BCUT2D eigenvalue weighted by atomic mass is 32.2. The normalized spacial score (nSPS) is 13.9. The lowest BCUT2D eigenvalue weighted by Gasteiger charge is -2.25.